The number of hydrogen-bond acceptors (Lipinski definition) is 5. The zero-order valence-electron chi connectivity index (χ0n) is 20.6. The van der Waals surface area contributed by atoms with Crippen molar-refractivity contribution in [3.8, 4) is 0 Å². The molecule has 2 aromatic carbocycles. The molecule has 2 aliphatic heterocycles. The number of halogens is 1. The van der Waals surface area contributed by atoms with Crippen LogP contribution in [0.3, 0.4) is 0 Å². The number of nitrogens with zero attached hydrogens (tertiary/aromatic N) is 3. The van der Waals surface area contributed by atoms with Crippen LogP contribution in [-0.4, -0.2) is 64.4 Å². The first-order valence-electron chi connectivity index (χ1n) is 12.4. The van der Waals surface area contributed by atoms with E-state index in [4.69, 9.17) is 10.5 Å². The van der Waals surface area contributed by atoms with Crippen LogP contribution in [0.4, 0.5) is 9.18 Å². The van der Waals surface area contributed by atoms with Gasteiger partial charge in [0.1, 0.15) is 24.6 Å². The van der Waals surface area contributed by atoms with E-state index in [-0.39, 0.29) is 43.5 Å². The van der Waals surface area contributed by atoms with E-state index in [0.717, 1.165) is 12.0 Å². The summed E-state index contributed by atoms with van der Waals surface area (Å²) in [4.78, 5) is 44.4. The first-order valence-corrected chi connectivity index (χ1v) is 12.4. The van der Waals surface area contributed by atoms with Crippen LogP contribution >= 0.6 is 0 Å². The van der Waals surface area contributed by atoms with Gasteiger partial charge >= 0.3 is 6.09 Å². The molecule has 8 nitrogen and oxygen atoms in total. The van der Waals surface area contributed by atoms with E-state index in [2.05, 4.69) is 0 Å². The summed E-state index contributed by atoms with van der Waals surface area (Å²) in [5.74, 6) is -0.685. The number of rotatable bonds is 8. The Kier molecular flexibility index (Phi) is 8.20. The van der Waals surface area contributed by atoms with Gasteiger partial charge in [0.05, 0.1) is 6.54 Å². The number of unbranched alkanes of at least 4 members (excludes halogenated alkanes) is 1. The van der Waals surface area contributed by atoms with Crippen molar-refractivity contribution < 1.29 is 23.5 Å². The van der Waals surface area contributed by atoms with Gasteiger partial charge in [-0.05, 0) is 43.9 Å². The van der Waals surface area contributed by atoms with Crippen molar-refractivity contribution >= 4 is 17.9 Å². The molecule has 2 aliphatic rings. The van der Waals surface area contributed by atoms with Gasteiger partial charge in [-0.15, -0.1) is 0 Å². The van der Waals surface area contributed by atoms with E-state index in [1.165, 1.54) is 4.90 Å². The number of nitrogens with two attached hydrogens (primary N) is 1. The van der Waals surface area contributed by atoms with Crippen molar-refractivity contribution in [1.29, 1.82) is 0 Å². The fourth-order valence-electron chi connectivity index (χ4n) is 4.94. The summed E-state index contributed by atoms with van der Waals surface area (Å²) in [7, 11) is 0. The third-order valence-corrected chi connectivity index (χ3v) is 6.86. The second-order valence-corrected chi connectivity index (χ2v) is 9.33. The third kappa shape index (κ3) is 5.51. The third-order valence-electron chi connectivity index (χ3n) is 6.86. The molecule has 0 saturated carbocycles. The SMILES string of the molecule is Cc1cccc(COC(=O)N2CCC(=O)N3[C@@H]2CN(Cc2ccccc2)C(=O)[C@@H]3CCCCN)c1F. The predicted octanol–water partition coefficient (Wildman–Crippen LogP) is 3.17. The molecule has 2 heterocycles. The molecule has 2 saturated heterocycles. The van der Waals surface area contributed by atoms with E-state index in [9.17, 15) is 18.8 Å². The lowest BCUT2D eigenvalue weighted by molar-refractivity contribution is -0.169. The second-order valence-electron chi connectivity index (χ2n) is 9.33. The largest absolute Gasteiger partial charge is 0.444 e. The van der Waals surface area contributed by atoms with Gasteiger partial charge in [0.25, 0.3) is 0 Å². The summed E-state index contributed by atoms with van der Waals surface area (Å²) >= 11 is 0. The van der Waals surface area contributed by atoms with Crippen molar-refractivity contribution in [2.24, 2.45) is 5.73 Å². The average Bonchev–Trinajstić information content (AvgIpc) is 2.87. The summed E-state index contributed by atoms with van der Waals surface area (Å²) < 4.78 is 19.9. The number of carbonyl (C=O) groups excluding carboxylic acids is 3. The Labute approximate surface area is 210 Å². The first-order chi connectivity index (χ1) is 17.4. The number of benzene rings is 2. The molecule has 0 aromatic heterocycles. The topological polar surface area (TPSA) is 96.2 Å². The molecule has 0 unspecified atom stereocenters. The Bertz CT molecular complexity index is 1100. The van der Waals surface area contributed by atoms with Gasteiger partial charge in [-0.1, -0.05) is 48.5 Å². The van der Waals surface area contributed by atoms with Crippen LogP contribution in [0.5, 0.6) is 0 Å². The summed E-state index contributed by atoms with van der Waals surface area (Å²) in [5, 5.41) is 0. The number of piperazine rings is 1. The van der Waals surface area contributed by atoms with Gasteiger partial charge in [-0.25, -0.2) is 9.18 Å². The molecule has 9 heteroatoms. The van der Waals surface area contributed by atoms with E-state index in [1.54, 1.807) is 34.9 Å². The van der Waals surface area contributed by atoms with Crippen molar-refractivity contribution in [2.45, 2.75) is 58.0 Å². The van der Waals surface area contributed by atoms with Gasteiger partial charge in [-0.2, -0.15) is 0 Å². The highest BCUT2D eigenvalue weighted by Crippen LogP contribution is 2.29. The van der Waals surface area contributed by atoms with Crippen molar-refractivity contribution in [2.75, 3.05) is 19.6 Å². The molecule has 4 rings (SSSR count). The minimum absolute atomic E-state index is 0.101. The highest BCUT2D eigenvalue weighted by atomic mass is 19.1. The standard InChI is InChI=1S/C27H33FN4O4/c1-19-8-7-11-21(25(19)28)18-36-27(35)31-15-13-24(33)32-22(12-5-6-14-29)26(34)30(17-23(31)32)16-20-9-3-2-4-10-20/h2-4,7-11,22-23H,5-6,12-18,29H2,1H3/t22-,23+/m0/s1. The first kappa shape index (κ1) is 25.6. The molecule has 2 N–H and O–H groups in total. The minimum atomic E-state index is -0.670. The lowest BCUT2D eigenvalue weighted by atomic mass is 9.98. The molecule has 0 radical (unpaired) electrons. The van der Waals surface area contributed by atoms with Gasteiger partial charge in [0.2, 0.25) is 11.8 Å². The molecular formula is C27H33FN4O4. The Morgan fingerprint density at radius 3 is 2.64 bits per heavy atom. The lowest BCUT2D eigenvalue weighted by Crippen LogP contribution is -2.71. The van der Waals surface area contributed by atoms with Gasteiger partial charge in [0, 0.05) is 25.1 Å². The predicted molar refractivity (Wildman–Crippen MR) is 132 cm³/mol. The van der Waals surface area contributed by atoms with Crippen LogP contribution in [0.15, 0.2) is 48.5 Å². The molecule has 192 valence electrons. The van der Waals surface area contributed by atoms with E-state index < -0.39 is 24.1 Å². The minimum Gasteiger partial charge on any atom is -0.444 e. The number of fused-ring (bicyclic) bond motifs is 1. The van der Waals surface area contributed by atoms with E-state index >= 15 is 0 Å². The van der Waals surface area contributed by atoms with Crippen molar-refractivity contribution in [1.82, 2.24) is 14.7 Å². The zero-order valence-corrected chi connectivity index (χ0v) is 20.6. The fourth-order valence-corrected chi connectivity index (χ4v) is 4.94. The summed E-state index contributed by atoms with van der Waals surface area (Å²) in [6.45, 7) is 2.68. The van der Waals surface area contributed by atoms with Crippen LogP contribution < -0.4 is 5.73 Å². The number of ether oxygens (including phenoxy) is 1. The molecule has 0 bridgehead atoms. The van der Waals surface area contributed by atoms with Gasteiger partial charge in [0.15, 0.2) is 0 Å². The molecule has 2 atom stereocenters. The maximum atomic E-state index is 14.4. The van der Waals surface area contributed by atoms with Crippen LogP contribution in [-0.2, 0) is 27.5 Å². The number of amides is 3. The maximum Gasteiger partial charge on any atom is 0.411 e. The molecule has 0 aliphatic carbocycles. The lowest BCUT2D eigenvalue weighted by Gasteiger charge is -2.52. The van der Waals surface area contributed by atoms with Crippen LogP contribution in [0, 0.1) is 12.7 Å². The summed E-state index contributed by atoms with van der Waals surface area (Å²) in [6.07, 6.45) is 0.728. The summed E-state index contributed by atoms with van der Waals surface area (Å²) in [5.41, 5.74) is 7.38. The van der Waals surface area contributed by atoms with E-state index in [1.807, 2.05) is 30.3 Å². The molecule has 36 heavy (non-hydrogen) atoms. The molecule has 2 aromatic rings. The highest BCUT2D eigenvalue weighted by molar-refractivity contribution is 5.90. The van der Waals surface area contributed by atoms with Crippen LogP contribution in [0.25, 0.3) is 0 Å². The van der Waals surface area contributed by atoms with Crippen molar-refractivity contribution in [3.63, 3.8) is 0 Å². The monoisotopic (exact) mass is 496 g/mol. The van der Waals surface area contributed by atoms with Gasteiger partial charge in [-0.3, -0.25) is 14.5 Å². The smallest absolute Gasteiger partial charge is 0.411 e. The Morgan fingerprint density at radius 2 is 1.89 bits per heavy atom. The van der Waals surface area contributed by atoms with Gasteiger partial charge < -0.3 is 20.3 Å². The molecule has 3 amide bonds. The fraction of sp³-hybridized carbons (Fsp3) is 0.444. The molecular weight excluding hydrogens is 463 g/mol. The Morgan fingerprint density at radius 1 is 1.11 bits per heavy atom. The quantitative estimate of drug-likeness (QED) is 0.567. The average molecular weight is 497 g/mol. The highest BCUT2D eigenvalue weighted by Gasteiger charge is 2.48. The normalized spacial score (nSPS) is 19.9. The number of hydrogen-bond donors (Lipinski definition) is 1. The summed E-state index contributed by atoms with van der Waals surface area (Å²) in [6, 6.07) is 13.9. The molecule has 2 fully saturated rings. The second kappa shape index (κ2) is 11.5. The maximum absolute atomic E-state index is 14.4. The number of aryl methyl sites for hydroxylation is 1. The number of carbonyl (C=O) groups is 3. The molecule has 0 spiro atoms. The van der Waals surface area contributed by atoms with Crippen molar-refractivity contribution in [3.05, 3.63) is 71.0 Å². The zero-order chi connectivity index (χ0) is 25.7. The van der Waals surface area contributed by atoms with E-state index in [0.29, 0.717) is 31.5 Å². The Balaban J connectivity index is 1.55. The van der Waals surface area contributed by atoms with Crippen LogP contribution in [0.1, 0.15) is 42.4 Å². The van der Waals surface area contributed by atoms with Crippen LogP contribution in [0.2, 0.25) is 0 Å². The Hall–Kier alpha value is -3.46.